The Labute approximate surface area is 185 Å². The summed E-state index contributed by atoms with van der Waals surface area (Å²) in [4.78, 5) is 40.0. The summed E-state index contributed by atoms with van der Waals surface area (Å²) in [7, 11) is 0. The first-order valence-electron chi connectivity index (χ1n) is 10.3. The second-order valence-electron chi connectivity index (χ2n) is 8.32. The molecule has 0 saturated heterocycles. The summed E-state index contributed by atoms with van der Waals surface area (Å²) in [6.07, 6.45) is 2.08. The third-order valence-corrected chi connectivity index (χ3v) is 4.72. The maximum absolute atomic E-state index is 12.6. The van der Waals surface area contributed by atoms with Gasteiger partial charge in [0.25, 0.3) is 5.69 Å². The normalized spacial score (nSPS) is 13.2. The van der Waals surface area contributed by atoms with Gasteiger partial charge in [-0.3, -0.25) is 19.8 Å². The van der Waals surface area contributed by atoms with Crippen molar-refractivity contribution in [1.29, 1.82) is 0 Å². The van der Waals surface area contributed by atoms with Crippen LogP contribution in [0.4, 0.5) is 22.0 Å². The van der Waals surface area contributed by atoms with Crippen molar-refractivity contribution in [2.45, 2.75) is 45.6 Å². The van der Waals surface area contributed by atoms with E-state index < -0.39 is 16.6 Å². The first kappa shape index (κ1) is 23.0. The highest BCUT2D eigenvalue weighted by molar-refractivity contribution is 5.88. The van der Waals surface area contributed by atoms with Gasteiger partial charge in [-0.2, -0.15) is 0 Å². The van der Waals surface area contributed by atoms with Gasteiger partial charge < -0.3 is 14.8 Å². The van der Waals surface area contributed by atoms with Gasteiger partial charge in [-0.15, -0.1) is 0 Å². The molecule has 1 N–H and O–H groups in total. The smallest absolute Gasteiger partial charge is 0.416 e. The Kier molecular flexibility index (Phi) is 6.92. The van der Waals surface area contributed by atoms with E-state index in [1.807, 2.05) is 32.9 Å². The van der Waals surface area contributed by atoms with Crippen molar-refractivity contribution in [2.75, 3.05) is 23.4 Å². The van der Waals surface area contributed by atoms with Gasteiger partial charge in [0.2, 0.25) is 6.41 Å². The fraction of sp³-hybridized carbons (Fsp3) is 0.409. The molecule has 0 aliphatic carbocycles. The summed E-state index contributed by atoms with van der Waals surface area (Å²) >= 11 is 0. The lowest BCUT2D eigenvalue weighted by molar-refractivity contribution is -0.384. The van der Waals surface area contributed by atoms with E-state index in [1.165, 1.54) is 12.1 Å². The first-order valence-corrected chi connectivity index (χ1v) is 10.3. The number of hydrogen-bond acceptors (Lipinski definition) is 7. The molecule has 3 rings (SSSR count). The zero-order valence-electron chi connectivity index (χ0n) is 18.3. The molecule has 10 nitrogen and oxygen atoms in total. The molecule has 0 spiro atoms. The van der Waals surface area contributed by atoms with Crippen molar-refractivity contribution >= 4 is 29.7 Å². The minimum Gasteiger partial charge on any atom is -0.493 e. The van der Waals surface area contributed by atoms with Crippen LogP contribution in [-0.2, 0) is 22.4 Å². The molecule has 32 heavy (non-hydrogen) atoms. The summed E-state index contributed by atoms with van der Waals surface area (Å²) in [5.74, 6) is 0.907. The number of nitrogens with zero attached hydrogens (tertiary/aromatic N) is 3. The van der Waals surface area contributed by atoms with Gasteiger partial charge in [-0.25, -0.2) is 9.78 Å². The van der Waals surface area contributed by atoms with Crippen molar-refractivity contribution in [2.24, 2.45) is 0 Å². The molecule has 1 aliphatic rings. The lowest BCUT2D eigenvalue weighted by atomic mass is 10.1. The van der Waals surface area contributed by atoms with Gasteiger partial charge in [0.1, 0.15) is 22.9 Å². The highest BCUT2D eigenvalue weighted by Crippen LogP contribution is 2.29. The predicted molar refractivity (Wildman–Crippen MR) is 118 cm³/mol. The number of nitro benzene ring substituents is 1. The van der Waals surface area contributed by atoms with Gasteiger partial charge >= 0.3 is 6.09 Å². The summed E-state index contributed by atoms with van der Waals surface area (Å²) in [6, 6.07) is 8.07. The van der Waals surface area contributed by atoms with Gasteiger partial charge in [0.05, 0.1) is 17.6 Å². The number of pyridine rings is 1. The molecule has 0 radical (unpaired) electrons. The van der Waals surface area contributed by atoms with Gasteiger partial charge in [-0.05, 0) is 57.4 Å². The minimum absolute atomic E-state index is 0.0935. The van der Waals surface area contributed by atoms with Crippen molar-refractivity contribution < 1.29 is 24.0 Å². The van der Waals surface area contributed by atoms with Crippen molar-refractivity contribution in [3.05, 3.63) is 51.7 Å². The van der Waals surface area contributed by atoms with E-state index in [0.717, 1.165) is 24.1 Å². The van der Waals surface area contributed by atoms with Crippen LogP contribution in [0.25, 0.3) is 0 Å². The Hall–Kier alpha value is -3.69. The van der Waals surface area contributed by atoms with Gasteiger partial charge in [0, 0.05) is 18.7 Å². The third kappa shape index (κ3) is 5.71. The second kappa shape index (κ2) is 9.63. The molecular formula is C22H26N4O6. The van der Waals surface area contributed by atoms with Crippen LogP contribution in [0.5, 0.6) is 5.75 Å². The van der Waals surface area contributed by atoms with E-state index in [2.05, 4.69) is 10.3 Å². The first-order chi connectivity index (χ1) is 15.2. The number of carbonyl (C=O) groups is 2. The van der Waals surface area contributed by atoms with Crippen LogP contribution in [0.15, 0.2) is 30.3 Å². The molecule has 2 aromatic rings. The second-order valence-corrected chi connectivity index (χ2v) is 8.32. The molecule has 0 bridgehead atoms. The SMILES string of the molecule is CC(C)(C)OC(=O)N1CCCc2ccc(CCOc3ccc(NC=O)c([N+](=O)[O-])c3)nc21. The number of nitro groups is 1. The van der Waals surface area contributed by atoms with Crippen LogP contribution in [0.2, 0.25) is 0 Å². The minimum atomic E-state index is -0.598. The van der Waals surface area contributed by atoms with Gasteiger partial charge in [0.15, 0.2) is 0 Å². The number of carbonyl (C=O) groups excluding carboxylic acids is 2. The fourth-order valence-corrected chi connectivity index (χ4v) is 3.32. The van der Waals surface area contributed by atoms with E-state index in [0.29, 0.717) is 30.9 Å². The average molecular weight is 442 g/mol. The number of fused-ring (bicyclic) bond motifs is 1. The monoisotopic (exact) mass is 442 g/mol. The number of hydrogen-bond donors (Lipinski definition) is 1. The van der Waals surface area contributed by atoms with Crippen LogP contribution in [0.1, 0.15) is 38.4 Å². The summed E-state index contributed by atoms with van der Waals surface area (Å²) in [5.41, 5.74) is 0.957. The summed E-state index contributed by atoms with van der Waals surface area (Å²) < 4.78 is 11.2. The topological polar surface area (TPSA) is 124 Å². The fourth-order valence-electron chi connectivity index (χ4n) is 3.32. The lowest BCUT2D eigenvalue weighted by Crippen LogP contribution is -2.40. The zero-order valence-corrected chi connectivity index (χ0v) is 18.3. The van der Waals surface area contributed by atoms with Crippen molar-refractivity contribution in [1.82, 2.24) is 4.98 Å². The maximum atomic E-state index is 12.6. The Morgan fingerprint density at radius 1 is 1.31 bits per heavy atom. The number of aryl methyl sites for hydroxylation is 1. The predicted octanol–water partition coefficient (Wildman–Crippen LogP) is 3.87. The van der Waals surface area contributed by atoms with E-state index in [4.69, 9.17) is 9.47 Å². The molecule has 0 saturated carbocycles. The maximum Gasteiger partial charge on any atom is 0.416 e. The molecule has 1 aromatic heterocycles. The highest BCUT2D eigenvalue weighted by Gasteiger charge is 2.28. The van der Waals surface area contributed by atoms with Crippen LogP contribution < -0.4 is 15.0 Å². The Balaban J connectivity index is 1.69. The molecule has 2 amide bonds. The standard InChI is InChI=1S/C22H26N4O6/c1-22(2,3)32-21(28)25-11-4-5-15-6-7-16(24-20(15)25)10-12-31-17-8-9-18(23-14-27)19(13-17)26(29)30/h6-9,13-14H,4-5,10-12H2,1-3H3,(H,23,27). The number of ether oxygens (including phenoxy) is 2. The molecule has 10 heteroatoms. The van der Waals surface area contributed by atoms with E-state index in [1.54, 1.807) is 11.0 Å². The number of anilines is 2. The van der Waals surface area contributed by atoms with Gasteiger partial charge in [-0.1, -0.05) is 6.07 Å². The summed E-state index contributed by atoms with van der Waals surface area (Å²) in [6.45, 7) is 6.24. The largest absolute Gasteiger partial charge is 0.493 e. The lowest BCUT2D eigenvalue weighted by Gasteiger charge is -2.31. The highest BCUT2D eigenvalue weighted by atomic mass is 16.6. The third-order valence-electron chi connectivity index (χ3n) is 4.72. The van der Waals surface area contributed by atoms with Crippen LogP contribution in [0, 0.1) is 10.1 Å². The Morgan fingerprint density at radius 2 is 2.09 bits per heavy atom. The van der Waals surface area contributed by atoms with Crippen molar-refractivity contribution in [3.8, 4) is 5.75 Å². The quantitative estimate of drug-likeness (QED) is 0.392. The molecule has 0 fully saturated rings. The van der Waals surface area contributed by atoms with Crippen LogP contribution in [-0.4, -0.2) is 41.2 Å². The molecule has 0 atom stereocenters. The number of benzene rings is 1. The zero-order chi connectivity index (χ0) is 23.3. The molecule has 1 aliphatic heterocycles. The van der Waals surface area contributed by atoms with Crippen LogP contribution in [0.3, 0.4) is 0 Å². The molecule has 1 aromatic carbocycles. The van der Waals surface area contributed by atoms with E-state index in [-0.39, 0.29) is 18.0 Å². The number of amides is 2. The number of nitrogens with one attached hydrogen (secondary N) is 1. The van der Waals surface area contributed by atoms with Crippen LogP contribution >= 0.6 is 0 Å². The van der Waals surface area contributed by atoms with Crippen molar-refractivity contribution in [3.63, 3.8) is 0 Å². The molecule has 2 heterocycles. The van der Waals surface area contributed by atoms with E-state index in [9.17, 15) is 19.7 Å². The van der Waals surface area contributed by atoms with E-state index >= 15 is 0 Å². The molecule has 0 unspecified atom stereocenters. The molecule has 170 valence electrons. The molecular weight excluding hydrogens is 416 g/mol. The Morgan fingerprint density at radius 3 is 2.78 bits per heavy atom. The summed E-state index contributed by atoms with van der Waals surface area (Å²) in [5, 5.41) is 13.5. The Bertz CT molecular complexity index is 1020. The average Bonchev–Trinajstić information content (AvgIpc) is 2.73. The number of rotatable bonds is 7. The number of aromatic nitrogens is 1.